The summed E-state index contributed by atoms with van der Waals surface area (Å²) in [5.41, 5.74) is 1.11. The molecule has 0 saturated carbocycles. The summed E-state index contributed by atoms with van der Waals surface area (Å²) in [6.07, 6.45) is 4.01. The maximum atomic E-state index is 4.62. The van der Waals surface area contributed by atoms with E-state index in [-0.39, 0.29) is 0 Å². The maximum Gasteiger partial charge on any atom is 0.224 e. The molecular weight excluding hydrogens is 268 g/mol. The van der Waals surface area contributed by atoms with E-state index in [2.05, 4.69) is 58.6 Å². The molecule has 0 aliphatic carbocycles. The molecule has 0 amide bonds. The third-order valence-electron chi connectivity index (χ3n) is 3.11. The van der Waals surface area contributed by atoms with Crippen molar-refractivity contribution in [3.63, 3.8) is 0 Å². The van der Waals surface area contributed by atoms with Crippen molar-refractivity contribution in [3.8, 4) is 0 Å². The van der Waals surface area contributed by atoms with Crippen LogP contribution in [0.25, 0.3) is 0 Å². The summed E-state index contributed by atoms with van der Waals surface area (Å²) in [5, 5.41) is 5.36. The first-order chi connectivity index (χ1) is 9.70. The lowest BCUT2D eigenvalue weighted by Crippen LogP contribution is -2.23. The number of rotatable bonds is 7. The molecule has 0 radical (unpaired) electrons. The molecular formula is C15H22N4S. The summed E-state index contributed by atoms with van der Waals surface area (Å²) in [6.45, 7) is 6.06. The van der Waals surface area contributed by atoms with E-state index in [1.807, 2.05) is 6.20 Å². The highest BCUT2D eigenvalue weighted by atomic mass is 32.1. The van der Waals surface area contributed by atoms with Gasteiger partial charge in [-0.25, -0.2) is 4.98 Å². The highest BCUT2D eigenvalue weighted by molar-refractivity contribution is 7.09. The zero-order valence-electron chi connectivity index (χ0n) is 12.4. The van der Waals surface area contributed by atoms with Crippen LogP contribution in [0, 0.1) is 6.92 Å². The molecule has 0 spiro atoms. The monoisotopic (exact) mass is 290 g/mol. The van der Waals surface area contributed by atoms with Gasteiger partial charge in [-0.15, -0.1) is 11.3 Å². The van der Waals surface area contributed by atoms with Gasteiger partial charge in [0.15, 0.2) is 0 Å². The van der Waals surface area contributed by atoms with Crippen molar-refractivity contribution >= 4 is 23.1 Å². The molecule has 0 saturated heterocycles. The molecule has 0 aliphatic heterocycles. The second-order valence-electron chi connectivity index (χ2n) is 4.88. The Hall–Kier alpha value is -1.62. The lowest BCUT2D eigenvalue weighted by atomic mass is 10.3. The second kappa shape index (κ2) is 7.24. The van der Waals surface area contributed by atoms with Crippen LogP contribution < -0.4 is 10.2 Å². The average Bonchev–Trinajstić information content (AvgIpc) is 2.97. The lowest BCUT2D eigenvalue weighted by Gasteiger charge is -2.20. The summed E-state index contributed by atoms with van der Waals surface area (Å²) in [5.74, 6) is 1.73. The Morgan fingerprint density at radius 2 is 2.25 bits per heavy atom. The third kappa shape index (κ3) is 3.93. The van der Waals surface area contributed by atoms with Crippen molar-refractivity contribution in [1.29, 1.82) is 0 Å². The molecule has 0 aromatic carbocycles. The van der Waals surface area contributed by atoms with Crippen LogP contribution in [-0.4, -0.2) is 30.1 Å². The van der Waals surface area contributed by atoms with Crippen LogP contribution in [0.1, 0.15) is 23.8 Å². The summed E-state index contributed by atoms with van der Waals surface area (Å²) in [6, 6.07) is 4.28. The number of likely N-dealkylation sites (N-methyl/N-ethyl adjacent to an activating group) is 1. The fourth-order valence-corrected chi connectivity index (χ4v) is 2.68. The quantitative estimate of drug-likeness (QED) is 0.849. The van der Waals surface area contributed by atoms with Crippen LogP contribution >= 0.6 is 11.3 Å². The summed E-state index contributed by atoms with van der Waals surface area (Å²) < 4.78 is 0. The van der Waals surface area contributed by atoms with Crippen LogP contribution in [0.4, 0.5) is 11.8 Å². The van der Waals surface area contributed by atoms with Crippen molar-refractivity contribution in [2.45, 2.75) is 26.7 Å². The largest absolute Gasteiger partial charge is 0.359 e. The van der Waals surface area contributed by atoms with E-state index in [0.717, 1.165) is 43.3 Å². The molecule has 0 bridgehead atoms. The fraction of sp³-hybridized carbons (Fsp3) is 0.467. The Kier molecular flexibility index (Phi) is 5.35. The number of nitrogens with zero attached hydrogens (tertiary/aromatic N) is 3. The van der Waals surface area contributed by atoms with Gasteiger partial charge in [-0.2, -0.15) is 4.98 Å². The Morgan fingerprint density at radius 3 is 2.95 bits per heavy atom. The van der Waals surface area contributed by atoms with Crippen LogP contribution in [0.15, 0.2) is 23.7 Å². The zero-order chi connectivity index (χ0) is 14.4. The molecule has 2 aromatic rings. The number of aromatic nitrogens is 2. The van der Waals surface area contributed by atoms with Gasteiger partial charge < -0.3 is 10.2 Å². The lowest BCUT2D eigenvalue weighted by molar-refractivity contribution is 0.855. The normalized spacial score (nSPS) is 10.6. The number of hydrogen-bond acceptors (Lipinski definition) is 5. The first kappa shape index (κ1) is 14.8. The Labute approximate surface area is 124 Å². The minimum absolute atomic E-state index is 0.718. The van der Waals surface area contributed by atoms with Crippen LogP contribution in [0.2, 0.25) is 0 Å². The second-order valence-corrected chi connectivity index (χ2v) is 5.91. The molecule has 0 atom stereocenters. The average molecular weight is 290 g/mol. The Balaban J connectivity index is 2.01. The number of nitrogens with one attached hydrogen (secondary N) is 1. The van der Waals surface area contributed by atoms with Crippen molar-refractivity contribution < 1.29 is 0 Å². The van der Waals surface area contributed by atoms with Gasteiger partial charge in [-0.3, -0.25) is 0 Å². The van der Waals surface area contributed by atoms with E-state index < -0.39 is 0 Å². The van der Waals surface area contributed by atoms with Crippen molar-refractivity contribution in [2.24, 2.45) is 0 Å². The predicted octanol–water partition coefficient (Wildman–Crippen LogP) is 3.35. The maximum absolute atomic E-state index is 4.62. The number of anilines is 2. The number of thiophene rings is 1. The molecule has 4 nitrogen and oxygen atoms in total. The zero-order valence-corrected chi connectivity index (χ0v) is 13.2. The molecule has 2 rings (SSSR count). The molecule has 0 aliphatic rings. The summed E-state index contributed by atoms with van der Waals surface area (Å²) >= 11 is 1.81. The molecule has 5 heteroatoms. The molecule has 2 heterocycles. The summed E-state index contributed by atoms with van der Waals surface area (Å²) in [4.78, 5) is 12.6. The molecule has 0 fully saturated rings. The Morgan fingerprint density at radius 1 is 1.40 bits per heavy atom. The first-order valence-corrected chi connectivity index (χ1v) is 7.89. The van der Waals surface area contributed by atoms with Gasteiger partial charge in [0.1, 0.15) is 5.82 Å². The van der Waals surface area contributed by atoms with Gasteiger partial charge in [-0.05, 0) is 31.2 Å². The van der Waals surface area contributed by atoms with E-state index in [0.29, 0.717) is 0 Å². The van der Waals surface area contributed by atoms with E-state index >= 15 is 0 Å². The highest BCUT2D eigenvalue weighted by Gasteiger charge is 2.09. The van der Waals surface area contributed by atoms with Crippen molar-refractivity contribution in [1.82, 2.24) is 9.97 Å². The van der Waals surface area contributed by atoms with E-state index in [1.165, 1.54) is 4.88 Å². The molecule has 108 valence electrons. The van der Waals surface area contributed by atoms with Gasteiger partial charge in [0.05, 0.1) is 0 Å². The van der Waals surface area contributed by atoms with Crippen LogP contribution in [0.3, 0.4) is 0 Å². The van der Waals surface area contributed by atoms with Gasteiger partial charge in [-0.1, -0.05) is 13.0 Å². The van der Waals surface area contributed by atoms with Gasteiger partial charge >= 0.3 is 0 Å². The summed E-state index contributed by atoms with van der Waals surface area (Å²) in [7, 11) is 2.09. The number of aryl methyl sites for hydroxylation is 1. The SMILES string of the molecule is CCCNc1ncc(C)c(N(C)CCc2cccs2)n1. The van der Waals surface area contributed by atoms with E-state index in [1.54, 1.807) is 11.3 Å². The standard InChI is InChI=1S/C15H22N4S/c1-4-8-16-15-17-11-12(2)14(18-15)19(3)9-7-13-6-5-10-20-13/h5-6,10-11H,4,7-9H2,1-3H3,(H,16,17,18). The van der Waals surface area contributed by atoms with Crippen molar-refractivity contribution in [2.75, 3.05) is 30.4 Å². The van der Waals surface area contributed by atoms with E-state index in [9.17, 15) is 0 Å². The minimum Gasteiger partial charge on any atom is -0.359 e. The van der Waals surface area contributed by atoms with E-state index in [4.69, 9.17) is 0 Å². The van der Waals surface area contributed by atoms with Crippen LogP contribution in [0.5, 0.6) is 0 Å². The number of hydrogen-bond donors (Lipinski definition) is 1. The minimum atomic E-state index is 0.718. The first-order valence-electron chi connectivity index (χ1n) is 7.01. The predicted molar refractivity (Wildman–Crippen MR) is 86.8 cm³/mol. The molecule has 0 unspecified atom stereocenters. The molecule has 1 N–H and O–H groups in total. The smallest absolute Gasteiger partial charge is 0.224 e. The van der Waals surface area contributed by atoms with Gasteiger partial charge in [0, 0.05) is 36.8 Å². The Bertz CT molecular complexity index is 525. The molecule has 2 aromatic heterocycles. The van der Waals surface area contributed by atoms with Gasteiger partial charge in [0.25, 0.3) is 0 Å². The molecule has 20 heavy (non-hydrogen) atoms. The van der Waals surface area contributed by atoms with Crippen LogP contribution in [-0.2, 0) is 6.42 Å². The topological polar surface area (TPSA) is 41.1 Å². The third-order valence-corrected chi connectivity index (χ3v) is 4.05. The van der Waals surface area contributed by atoms with Crippen molar-refractivity contribution in [3.05, 3.63) is 34.2 Å². The highest BCUT2D eigenvalue weighted by Crippen LogP contribution is 2.18. The van der Waals surface area contributed by atoms with Gasteiger partial charge in [0.2, 0.25) is 5.95 Å². The fourth-order valence-electron chi connectivity index (χ4n) is 1.98.